The topological polar surface area (TPSA) is 390 Å². The van der Waals surface area contributed by atoms with Crippen LogP contribution in [0, 0.1) is 27.7 Å². The van der Waals surface area contributed by atoms with Crippen LogP contribution in [0.15, 0.2) is 121 Å². The number of sulfonamides is 2. The summed E-state index contributed by atoms with van der Waals surface area (Å²) in [5.74, 6) is -2.34. The Labute approximate surface area is 405 Å². The number of benzene rings is 4. The molecular weight excluding hydrogens is 969 g/mol. The normalized spacial score (nSPS) is 9.18. The number of aryl methyl sites for hydroxylation is 4. The molecule has 0 heterocycles. The molecule has 20 nitrogen and oxygen atoms in total. The lowest BCUT2D eigenvalue weighted by Gasteiger charge is -1.82. The number of carbonyl (C=O) groups excluding carboxylic acids is 2. The van der Waals surface area contributed by atoms with Gasteiger partial charge in [-0.2, -0.15) is 16.8 Å². The first-order valence-corrected chi connectivity index (χ1v) is 26.7. The van der Waals surface area contributed by atoms with E-state index in [-0.39, 0.29) is 29.7 Å². The highest BCUT2D eigenvalue weighted by atomic mass is 32.2. The molecule has 0 unspecified atom stereocenters. The molecule has 392 valence electrons. The third kappa shape index (κ3) is 161. The number of primary amides is 2. The molecule has 0 saturated carbocycles. The minimum atomic E-state index is -3.67. The van der Waals surface area contributed by atoms with Gasteiger partial charge in [-0.15, -0.1) is 0 Å². The summed E-state index contributed by atoms with van der Waals surface area (Å²) in [4.78, 5) is 37.2. The molecule has 0 saturated heterocycles. The third-order valence-corrected chi connectivity index (χ3v) is 6.71. The molecule has 4 rings (SSSR count). The predicted octanol–water partition coefficient (Wildman–Crippen LogP) is 5.52. The average molecular weight is 1050 g/mol. The second kappa shape index (κ2) is 50.8. The van der Waals surface area contributed by atoms with Crippen LogP contribution in [0.4, 0.5) is 0 Å². The van der Waals surface area contributed by atoms with E-state index in [0.717, 1.165) is 13.2 Å². The van der Waals surface area contributed by atoms with E-state index in [1.807, 2.05) is 72.8 Å². The van der Waals surface area contributed by atoms with Crippen LogP contribution in [0.25, 0.3) is 0 Å². The van der Waals surface area contributed by atoms with E-state index in [4.69, 9.17) is 24.1 Å². The highest BCUT2D eigenvalue weighted by Gasteiger charge is 1.93. The maximum atomic E-state index is 9.78. The summed E-state index contributed by atoms with van der Waals surface area (Å²) in [7, 11) is -13.7. The molecular formula is C44H76N4O16S4. The Balaban J connectivity index is -0.0000000968. The van der Waals surface area contributed by atoms with Gasteiger partial charge in [0, 0.05) is 26.7 Å². The summed E-state index contributed by atoms with van der Waals surface area (Å²) in [6, 6.07) is 41.0. The quantitative estimate of drug-likeness (QED) is 0.117. The Morgan fingerprint density at radius 2 is 0.588 bits per heavy atom. The summed E-state index contributed by atoms with van der Waals surface area (Å²) >= 11 is 0. The number of primary sulfonamides is 2. The van der Waals surface area contributed by atoms with Crippen molar-refractivity contribution in [3.05, 3.63) is 144 Å². The van der Waals surface area contributed by atoms with Gasteiger partial charge in [0.05, 0.1) is 24.0 Å². The summed E-state index contributed by atoms with van der Waals surface area (Å²) in [6.45, 7) is 16.9. The van der Waals surface area contributed by atoms with E-state index in [9.17, 15) is 48.1 Å². The van der Waals surface area contributed by atoms with Crippen molar-refractivity contribution < 1.29 is 72.2 Å². The van der Waals surface area contributed by atoms with Crippen LogP contribution < -0.4 is 21.7 Å². The van der Waals surface area contributed by atoms with Crippen molar-refractivity contribution in [1.82, 2.24) is 0 Å². The standard InChI is InChI=1S/4C7H8.C3H7NO.C3H6O2.C2H7NO2S.C2H5NO.C2H6O3S.C2H4O2.CH5NO2S.CH4O3S/c4*1-7-5-3-2-4-6-7;2*1-2-3(4)5;1-2-6(3,4)5;1-2(3)4;1-2-6(3,4)5;1-2(3)4;2*1-5(2,3)4/h4*2-6H,1H3;2H2,1H3,(H2,4,5);2H2,1H3,(H,4,5);2H2,1H3,(H2,3,4,5);1H3,(H2,3,4);2H2,1H3,(H,3,4,5);1H3,(H,3,4);1H3,(H2,2,3,4);1H3,(H,2,3,4). The van der Waals surface area contributed by atoms with Gasteiger partial charge in [-0.25, -0.2) is 27.1 Å². The van der Waals surface area contributed by atoms with E-state index in [1.54, 1.807) is 13.8 Å². The van der Waals surface area contributed by atoms with Crippen LogP contribution in [-0.2, 0) is 59.5 Å². The van der Waals surface area contributed by atoms with Crippen molar-refractivity contribution >= 4 is 64.0 Å². The minimum absolute atomic E-state index is 0.0208. The molecule has 0 aliphatic rings. The van der Waals surface area contributed by atoms with E-state index in [0.29, 0.717) is 12.7 Å². The molecule has 0 aliphatic carbocycles. The maximum absolute atomic E-state index is 9.78. The number of carboxylic acids is 2. The first kappa shape index (κ1) is 79.5. The zero-order valence-electron chi connectivity index (χ0n) is 41.0. The molecule has 0 spiro atoms. The fourth-order valence-electron chi connectivity index (χ4n) is 2.14. The van der Waals surface area contributed by atoms with Crippen molar-refractivity contribution in [3.8, 4) is 0 Å². The fraction of sp³-hybridized carbons (Fsp3) is 0.364. The van der Waals surface area contributed by atoms with Crippen LogP contribution in [-0.4, -0.2) is 101 Å². The Bertz CT molecular complexity index is 1990. The molecule has 4 aromatic carbocycles. The Kier molecular flexibility index (Phi) is 59.4. The van der Waals surface area contributed by atoms with Gasteiger partial charge in [0.25, 0.3) is 26.2 Å². The number of hydrogen-bond acceptors (Lipinski definition) is 12. The van der Waals surface area contributed by atoms with E-state index in [2.05, 4.69) is 98.0 Å². The lowest BCUT2D eigenvalue weighted by Crippen LogP contribution is -2.13. The number of aliphatic carboxylic acids is 2. The van der Waals surface area contributed by atoms with Crippen molar-refractivity contribution in [2.45, 2.75) is 82.1 Å². The van der Waals surface area contributed by atoms with E-state index < -0.39 is 52.2 Å². The molecule has 2 amide bonds. The Hall–Kier alpha value is -5.60. The van der Waals surface area contributed by atoms with E-state index >= 15 is 0 Å². The van der Waals surface area contributed by atoms with Crippen LogP contribution in [0.3, 0.4) is 0 Å². The molecule has 0 bridgehead atoms. The molecule has 12 N–H and O–H groups in total. The lowest BCUT2D eigenvalue weighted by atomic mass is 10.2. The number of carboxylic acid groups (broad SMARTS) is 2. The summed E-state index contributed by atoms with van der Waals surface area (Å²) in [5, 5.41) is 24.0. The summed E-state index contributed by atoms with van der Waals surface area (Å²) in [6.07, 6.45) is 2.32. The van der Waals surface area contributed by atoms with Crippen LogP contribution in [0.1, 0.15) is 76.6 Å². The van der Waals surface area contributed by atoms with Gasteiger partial charge in [0.15, 0.2) is 0 Å². The van der Waals surface area contributed by atoms with E-state index in [1.165, 1.54) is 43.0 Å². The van der Waals surface area contributed by atoms with Crippen LogP contribution in [0.2, 0.25) is 0 Å². The molecule has 0 aliphatic heterocycles. The summed E-state index contributed by atoms with van der Waals surface area (Å²) < 4.78 is 91.2. The number of nitrogens with two attached hydrogens (primary N) is 4. The Morgan fingerprint density at radius 1 is 0.471 bits per heavy atom. The van der Waals surface area contributed by atoms with Crippen molar-refractivity contribution in [2.75, 3.05) is 24.0 Å². The smallest absolute Gasteiger partial charge is 0.303 e. The zero-order valence-corrected chi connectivity index (χ0v) is 44.3. The van der Waals surface area contributed by atoms with Gasteiger partial charge in [-0.05, 0) is 41.5 Å². The van der Waals surface area contributed by atoms with Gasteiger partial charge in [0.1, 0.15) is 0 Å². The van der Waals surface area contributed by atoms with Crippen molar-refractivity contribution in [1.29, 1.82) is 0 Å². The molecule has 4 aromatic rings. The van der Waals surface area contributed by atoms with Crippen LogP contribution in [0.5, 0.6) is 0 Å². The number of rotatable bonds is 4. The SMILES string of the molecule is CC(=O)O.CC(N)=O.CCC(=O)O.CCC(N)=O.CCS(=O)(=O)O.CCS(N)(=O)=O.CS(=O)(=O)O.CS(N)(=O)=O.Cc1ccccc1.Cc1ccccc1.Cc1ccccc1.Cc1ccccc1. The Morgan fingerprint density at radius 3 is 0.618 bits per heavy atom. The molecule has 0 aromatic heterocycles. The third-order valence-electron chi connectivity index (χ3n) is 5.18. The molecule has 0 fully saturated rings. The first-order valence-electron chi connectivity index (χ1n) is 19.6. The van der Waals surface area contributed by atoms with Gasteiger partial charge in [-0.3, -0.25) is 28.3 Å². The second-order valence-corrected chi connectivity index (χ2v) is 19.5. The average Bonchev–Trinajstić information content (AvgIpc) is 3.18. The largest absolute Gasteiger partial charge is 0.481 e. The molecule has 24 heteroatoms. The molecule has 0 radical (unpaired) electrons. The zero-order chi connectivity index (χ0) is 55.6. The van der Waals surface area contributed by atoms with Gasteiger partial charge in [0.2, 0.25) is 31.9 Å². The fourth-order valence-corrected chi connectivity index (χ4v) is 2.14. The maximum Gasteiger partial charge on any atom is 0.303 e. The first-order chi connectivity index (χ1) is 30.7. The number of hydrogen-bond donors (Lipinski definition) is 8. The number of carbonyl (C=O) groups is 4. The van der Waals surface area contributed by atoms with Gasteiger partial charge < -0.3 is 21.7 Å². The highest BCUT2D eigenvalue weighted by molar-refractivity contribution is 7.89. The van der Waals surface area contributed by atoms with Gasteiger partial charge in [-0.1, -0.05) is 157 Å². The van der Waals surface area contributed by atoms with Gasteiger partial charge >= 0.3 is 5.97 Å². The second-order valence-electron chi connectivity index (χ2n) is 12.7. The lowest BCUT2D eigenvalue weighted by molar-refractivity contribution is -0.137. The molecule has 68 heavy (non-hydrogen) atoms. The van der Waals surface area contributed by atoms with Crippen molar-refractivity contribution in [3.63, 3.8) is 0 Å². The molecule has 0 atom stereocenters. The highest BCUT2D eigenvalue weighted by Crippen LogP contribution is 1.94. The predicted molar refractivity (Wildman–Crippen MR) is 273 cm³/mol. The minimum Gasteiger partial charge on any atom is -0.481 e. The summed E-state index contributed by atoms with van der Waals surface area (Å²) in [5.41, 5.74) is 14.4. The number of amides is 2. The van der Waals surface area contributed by atoms with Crippen LogP contribution >= 0.6 is 0 Å². The van der Waals surface area contributed by atoms with Crippen molar-refractivity contribution in [2.24, 2.45) is 21.7 Å². The monoisotopic (exact) mass is 1040 g/mol.